The molecule has 108 valence electrons. The molecule has 0 saturated carbocycles. The van der Waals surface area contributed by atoms with Crippen molar-refractivity contribution in [2.45, 2.75) is 17.5 Å². The molecule has 3 rings (SSSR count). The molecular formula is C14H14N4O2S. The van der Waals surface area contributed by atoms with Crippen molar-refractivity contribution in [1.29, 1.82) is 0 Å². The Kier molecular flexibility index (Phi) is 3.76. The summed E-state index contributed by atoms with van der Waals surface area (Å²) < 4.78 is 1.82. The lowest BCUT2D eigenvalue weighted by molar-refractivity contribution is 0.271. The van der Waals surface area contributed by atoms with Crippen molar-refractivity contribution in [3.63, 3.8) is 0 Å². The number of aromatic amines is 1. The number of hydrogen-bond donors (Lipinski definition) is 2. The third kappa shape index (κ3) is 2.70. The first-order valence-corrected chi connectivity index (χ1v) is 7.40. The lowest BCUT2D eigenvalue weighted by Gasteiger charge is -2.04. The normalized spacial score (nSPS) is 11.1. The van der Waals surface area contributed by atoms with Crippen LogP contribution in [0.5, 0.6) is 0 Å². The molecular weight excluding hydrogens is 288 g/mol. The van der Waals surface area contributed by atoms with E-state index in [1.54, 1.807) is 12.3 Å². The summed E-state index contributed by atoms with van der Waals surface area (Å²) in [5, 5.41) is 10.5. The lowest BCUT2D eigenvalue weighted by atomic mass is 10.2. The molecule has 0 amide bonds. The number of aromatic nitrogens is 4. The molecule has 2 aromatic heterocycles. The first-order chi connectivity index (χ1) is 10.2. The maximum Gasteiger partial charge on any atom is 0.258 e. The summed E-state index contributed by atoms with van der Waals surface area (Å²) in [6, 6.07) is 7.25. The molecule has 1 aromatic carbocycles. The van der Waals surface area contributed by atoms with Gasteiger partial charge in [0, 0.05) is 7.05 Å². The Balaban J connectivity index is 1.85. The van der Waals surface area contributed by atoms with Crippen LogP contribution < -0.4 is 5.56 Å². The van der Waals surface area contributed by atoms with E-state index in [-0.39, 0.29) is 12.2 Å². The molecule has 0 aliphatic carbocycles. The second-order valence-electron chi connectivity index (χ2n) is 4.57. The third-order valence-corrected chi connectivity index (χ3v) is 4.26. The predicted octanol–water partition coefficient (Wildman–Crippen LogP) is 1.44. The third-order valence-electron chi connectivity index (χ3n) is 3.20. The van der Waals surface area contributed by atoms with E-state index in [2.05, 4.69) is 15.0 Å². The molecule has 2 N–H and O–H groups in total. The van der Waals surface area contributed by atoms with E-state index < -0.39 is 0 Å². The number of aliphatic hydroxyl groups excluding tert-OH is 1. The number of imidazole rings is 1. The summed E-state index contributed by atoms with van der Waals surface area (Å²) in [6.07, 6.45) is 1.64. The minimum Gasteiger partial charge on any atom is -0.390 e. The van der Waals surface area contributed by atoms with Gasteiger partial charge in [-0.05, 0) is 12.1 Å². The molecule has 21 heavy (non-hydrogen) atoms. The molecule has 0 aliphatic rings. The predicted molar refractivity (Wildman–Crippen MR) is 81.1 cm³/mol. The second-order valence-corrected chi connectivity index (χ2v) is 5.51. The molecule has 0 radical (unpaired) electrons. The molecule has 3 aromatic rings. The van der Waals surface area contributed by atoms with E-state index in [4.69, 9.17) is 5.11 Å². The topological polar surface area (TPSA) is 83.8 Å². The number of H-pyrrole nitrogens is 1. The number of aliphatic hydroxyl groups is 1. The van der Waals surface area contributed by atoms with Crippen LogP contribution in [-0.2, 0) is 19.4 Å². The maximum atomic E-state index is 12.0. The highest BCUT2D eigenvalue weighted by atomic mass is 32.2. The number of benzene rings is 1. The van der Waals surface area contributed by atoms with Crippen molar-refractivity contribution in [2.24, 2.45) is 7.05 Å². The molecule has 0 spiro atoms. The van der Waals surface area contributed by atoms with E-state index >= 15 is 0 Å². The average Bonchev–Trinajstić information content (AvgIpc) is 2.85. The summed E-state index contributed by atoms with van der Waals surface area (Å²) in [7, 11) is 1.84. The summed E-state index contributed by atoms with van der Waals surface area (Å²) in [5.74, 6) is 1.12. The van der Waals surface area contributed by atoms with E-state index in [0.717, 1.165) is 10.9 Å². The van der Waals surface area contributed by atoms with Gasteiger partial charge in [0.15, 0.2) is 5.16 Å². The summed E-state index contributed by atoms with van der Waals surface area (Å²) >= 11 is 1.46. The lowest BCUT2D eigenvalue weighted by Crippen LogP contribution is -2.11. The van der Waals surface area contributed by atoms with Gasteiger partial charge in [0.25, 0.3) is 5.56 Å². The number of para-hydroxylation sites is 1. The Labute approximate surface area is 124 Å². The minimum absolute atomic E-state index is 0.0465. The van der Waals surface area contributed by atoms with E-state index in [0.29, 0.717) is 22.5 Å². The maximum absolute atomic E-state index is 12.0. The van der Waals surface area contributed by atoms with Crippen LogP contribution in [0.2, 0.25) is 0 Å². The summed E-state index contributed by atoms with van der Waals surface area (Å²) in [4.78, 5) is 23.4. The highest BCUT2D eigenvalue weighted by molar-refractivity contribution is 7.98. The fourth-order valence-electron chi connectivity index (χ4n) is 2.04. The molecule has 0 unspecified atom stereocenters. The summed E-state index contributed by atoms with van der Waals surface area (Å²) in [6.45, 7) is -0.0465. The zero-order valence-corrected chi connectivity index (χ0v) is 12.2. The fraction of sp³-hybridized carbons (Fsp3) is 0.214. The van der Waals surface area contributed by atoms with Crippen LogP contribution in [0.3, 0.4) is 0 Å². The van der Waals surface area contributed by atoms with Gasteiger partial charge in [0.2, 0.25) is 0 Å². The van der Waals surface area contributed by atoms with Crippen LogP contribution >= 0.6 is 11.8 Å². The van der Waals surface area contributed by atoms with Crippen LogP contribution in [0.4, 0.5) is 0 Å². The van der Waals surface area contributed by atoms with Gasteiger partial charge in [0.05, 0.1) is 35.2 Å². The number of thioether (sulfide) groups is 1. The number of nitrogens with one attached hydrogen (secondary N) is 1. The largest absolute Gasteiger partial charge is 0.390 e. The number of nitrogens with zero attached hydrogens (tertiary/aromatic N) is 3. The smallest absolute Gasteiger partial charge is 0.258 e. The van der Waals surface area contributed by atoms with Crippen molar-refractivity contribution < 1.29 is 5.11 Å². The zero-order chi connectivity index (χ0) is 14.8. The van der Waals surface area contributed by atoms with Crippen LogP contribution in [0.1, 0.15) is 11.5 Å². The molecule has 0 aliphatic heterocycles. The van der Waals surface area contributed by atoms with Crippen molar-refractivity contribution in [2.75, 3.05) is 0 Å². The van der Waals surface area contributed by atoms with Crippen molar-refractivity contribution >= 4 is 22.7 Å². The Morgan fingerprint density at radius 3 is 2.95 bits per heavy atom. The minimum atomic E-state index is -0.132. The van der Waals surface area contributed by atoms with Crippen LogP contribution in [0, 0.1) is 0 Å². The van der Waals surface area contributed by atoms with Gasteiger partial charge in [-0.1, -0.05) is 23.9 Å². The highest BCUT2D eigenvalue weighted by Crippen LogP contribution is 2.20. The number of hydrogen-bond acceptors (Lipinski definition) is 5. The Bertz CT molecular complexity index is 840. The van der Waals surface area contributed by atoms with Crippen molar-refractivity contribution in [1.82, 2.24) is 19.5 Å². The van der Waals surface area contributed by atoms with E-state index in [1.165, 1.54) is 11.8 Å². The van der Waals surface area contributed by atoms with Gasteiger partial charge in [-0.15, -0.1) is 0 Å². The van der Waals surface area contributed by atoms with Crippen LogP contribution in [0.25, 0.3) is 10.9 Å². The number of rotatable bonds is 4. The molecule has 2 heterocycles. The average molecular weight is 302 g/mol. The monoisotopic (exact) mass is 302 g/mol. The van der Waals surface area contributed by atoms with Gasteiger partial charge in [-0.25, -0.2) is 9.97 Å². The highest BCUT2D eigenvalue weighted by Gasteiger charge is 2.08. The molecule has 0 saturated heterocycles. The van der Waals surface area contributed by atoms with E-state index in [9.17, 15) is 4.79 Å². The van der Waals surface area contributed by atoms with Crippen molar-refractivity contribution in [3.8, 4) is 0 Å². The van der Waals surface area contributed by atoms with Gasteiger partial charge in [-0.2, -0.15) is 0 Å². The Morgan fingerprint density at radius 2 is 2.19 bits per heavy atom. The Hall–Kier alpha value is -2.12. The van der Waals surface area contributed by atoms with Gasteiger partial charge in [-0.3, -0.25) is 4.79 Å². The zero-order valence-electron chi connectivity index (χ0n) is 11.4. The molecule has 6 nitrogen and oxygen atoms in total. The second kappa shape index (κ2) is 5.71. The summed E-state index contributed by atoms with van der Waals surface area (Å²) in [5.41, 5.74) is 1.30. The Morgan fingerprint density at radius 1 is 1.38 bits per heavy atom. The molecule has 0 fully saturated rings. The van der Waals surface area contributed by atoms with Crippen LogP contribution in [0.15, 0.2) is 40.4 Å². The van der Waals surface area contributed by atoms with Crippen molar-refractivity contribution in [3.05, 3.63) is 52.3 Å². The van der Waals surface area contributed by atoms with Crippen LogP contribution in [-0.4, -0.2) is 24.6 Å². The molecule has 0 atom stereocenters. The molecule has 0 bridgehead atoms. The number of fused-ring (bicyclic) bond motifs is 1. The first-order valence-electron chi connectivity index (χ1n) is 6.41. The SMILES string of the molecule is Cn1c(CO)cnc1SCc1nc2ccccc2c(=O)[nH]1. The first kappa shape index (κ1) is 13.8. The van der Waals surface area contributed by atoms with Gasteiger partial charge < -0.3 is 14.7 Å². The molecule has 7 heteroatoms. The van der Waals surface area contributed by atoms with E-state index in [1.807, 2.05) is 29.8 Å². The van der Waals surface area contributed by atoms with Gasteiger partial charge in [0.1, 0.15) is 5.82 Å². The quantitative estimate of drug-likeness (QED) is 0.713. The van der Waals surface area contributed by atoms with Gasteiger partial charge >= 0.3 is 0 Å². The fourth-order valence-corrected chi connectivity index (χ4v) is 2.88. The standard InChI is InChI=1S/C14H14N4O2S/c1-18-9(7-19)6-15-14(18)21-8-12-16-11-5-3-2-4-10(11)13(20)17-12/h2-6,19H,7-8H2,1H3,(H,16,17,20).